The third-order valence-electron chi connectivity index (χ3n) is 5.78. The predicted octanol–water partition coefficient (Wildman–Crippen LogP) is 6.00. The molecule has 186 valence electrons. The Kier molecular flexibility index (Phi) is 8.45. The lowest BCUT2D eigenvalue weighted by Crippen LogP contribution is -2.33. The van der Waals surface area contributed by atoms with E-state index in [1.807, 2.05) is 48.5 Å². The van der Waals surface area contributed by atoms with Crippen molar-refractivity contribution < 1.29 is 19.2 Å². The van der Waals surface area contributed by atoms with Crippen molar-refractivity contribution in [2.24, 2.45) is 9.98 Å². The van der Waals surface area contributed by atoms with Crippen molar-refractivity contribution in [3.05, 3.63) is 119 Å². The van der Waals surface area contributed by atoms with E-state index in [1.54, 1.807) is 48.5 Å². The highest BCUT2D eigenvalue weighted by atomic mass is 16.2. The molecule has 4 rings (SSSR count). The molecule has 0 aliphatic carbocycles. The third kappa shape index (κ3) is 6.83. The first kappa shape index (κ1) is 25.7. The number of rotatable bonds is 9. The van der Waals surface area contributed by atoms with Gasteiger partial charge in [-0.1, -0.05) is 48.5 Å². The first-order valence-electron chi connectivity index (χ1n) is 11.6. The molecule has 0 saturated heterocycles. The number of carbonyl (C=O) groups excluding carboxylic acids is 4. The van der Waals surface area contributed by atoms with Crippen LogP contribution in [0.1, 0.15) is 22.3 Å². The van der Waals surface area contributed by atoms with Gasteiger partial charge in [-0.15, -0.1) is 0 Å². The van der Waals surface area contributed by atoms with E-state index in [9.17, 15) is 19.2 Å². The van der Waals surface area contributed by atoms with Crippen LogP contribution in [0.5, 0.6) is 0 Å². The Morgan fingerprint density at radius 1 is 0.658 bits per heavy atom. The number of isocyanates is 2. The zero-order valence-corrected chi connectivity index (χ0v) is 20.2. The Bertz CT molecular complexity index is 1500. The van der Waals surface area contributed by atoms with Crippen LogP contribution in [0.4, 0.5) is 27.5 Å². The minimum atomic E-state index is -0.571. The molecule has 38 heavy (non-hydrogen) atoms. The summed E-state index contributed by atoms with van der Waals surface area (Å²) < 4.78 is 0. The number of urea groups is 1. The van der Waals surface area contributed by atoms with Gasteiger partial charge < -0.3 is 5.32 Å². The molecule has 0 fully saturated rings. The van der Waals surface area contributed by atoms with Gasteiger partial charge >= 0.3 is 6.03 Å². The molecule has 0 heterocycles. The standard InChI is InChI=1S/C30H22N4O4/c35-19-31-26-9-1-22(2-10-26)17-24-5-13-28(14-6-24)33-30(38)34(21-37)29-15-7-25(8-16-29)18-23-3-11-27(12-4-23)32-20-36/h1-16,21H,17-18H2,(H,33,38). The molecule has 0 atom stereocenters. The molecule has 0 bridgehead atoms. The van der Waals surface area contributed by atoms with Crippen molar-refractivity contribution >= 4 is 47.4 Å². The van der Waals surface area contributed by atoms with Crippen LogP contribution in [0, 0.1) is 0 Å². The van der Waals surface area contributed by atoms with Crippen molar-refractivity contribution in [2.45, 2.75) is 12.8 Å². The Labute approximate surface area is 219 Å². The summed E-state index contributed by atoms with van der Waals surface area (Å²) in [5.74, 6) is 0. The van der Waals surface area contributed by atoms with Gasteiger partial charge in [0.15, 0.2) is 0 Å². The SMILES string of the molecule is O=C=Nc1ccc(Cc2ccc(NC(=O)N(C=O)c3ccc(Cc4ccc(N=C=O)cc4)cc3)cc2)cc1. The summed E-state index contributed by atoms with van der Waals surface area (Å²) in [5.41, 5.74) is 6.19. The minimum Gasteiger partial charge on any atom is -0.307 e. The molecule has 0 spiro atoms. The number of nitrogens with one attached hydrogen (secondary N) is 1. The topological polar surface area (TPSA) is 108 Å². The van der Waals surface area contributed by atoms with E-state index in [0.717, 1.165) is 27.2 Å². The molecule has 0 aromatic heterocycles. The van der Waals surface area contributed by atoms with Gasteiger partial charge in [-0.05, 0) is 83.6 Å². The molecule has 0 radical (unpaired) electrons. The van der Waals surface area contributed by atoms with Gasteiger partial charge in [0, 0.05) is 5.69 Å². The second-order valence-corrected chi connectivity index (χ2v) is 8.36. The maximum absolute atomic E-state index is 12.8. The molecule has 1 N–H and O–H groups in total. The summed E-state index contributed by atoms with van der Waals surface area (Å²) in [6.07, 6.45) is 4.82. The third-order valence-corrected chi connectivity index (χ3v) is 5.78. The Morgan fingerprint density at radius 2 is 1.05 bits per heavy atom. The summed E-state index contributed by atoms with van der Waals surface area (Å²) in [5, 5.41) is 2.74. The molecule has 4 aromatic carbocycles. The number of carbonyl (C=O) groups is 2. The number of amides is 3. The maximum Gasteiger partial charge on any atom is 0.332 e. The summed E-state index contributed by atoms with van der Waals surface area (Å²) in [6, 6.07) is 28.4. The van der Waals surface area contributed by atoms with E-state index in [4.69, 9.17) is 0 Å². The van der Waals surface area contributed by atoms with Gasteiger partial charge in [0.25, 0.3) is 0 Å². The smallest absolute Gasteiger partial charge is 0.307 e. The van der Waals surface area contributed by atoms with Crippen LogP contribution in [0.15, 0.2) is 107 Å². The number of benzene rings is 4. The molecule has 0 aliphatic heterocycles. The average molecular weight is 503 g/mol. The van der Waals surface area contributed by atoms with Crippen LogP contribution < -0.4 is 10.2 Å². The Morgan fingerprint density at radius 3 is 1.45 bits per heavy atom. The number of imide groups is 1. The molecule has 0 aliphatic rings. The zero-order valence-electron chi connectivity index (χ0n) is 20.2. The molecular formula is C30H22N4O4. The largest absolute Gasteiger partial charge is 0.332 e. The lowest BCUT2D eigenvalue weighted by molar-refractivity contribution is -0.106. The van der Waals surface area contributed by atoms with E-state index in [1.165, 1.54) is 12.2 Å². The Hall–Kier alpha value is -5.42. The fourth-order valence-corrected chi connectivity index (χ4v) is 3.84. The van der Waals surface area contributed by atoms with Crippen LogP contribution >= 0.6 is 0 Å². The molecule has 4 aromatic rings. The highest BCUT2D eigenvalue weighted by molar-refractivity contribution is 6.12. The first-order valence-corrected chi connectivity index (χ1v) is 11.6. The van der Waals surface area contributed by atoms with Crippen LogP contribution in [0.2, 0.25) is 0 Å². The molecule has 0 saturated carbocycles. The quantitative estimate of drug-likeness (QED) is 0.172. The molecule has 3 amide bonds. The number of aliphatic imine (C=N–C) groups is 2. The molecule has 8 nitrogen and oxygen atoms in total. The molecule has 0 unspecified atom stereocenters. The number of anilines is 2. The van der Waals surface area contributed by atoms with Crippen LogP contribution in [-0.4, -0.2) is 24.6 Å². The van der Waals surface area contributed by atoms with Crippen molar-refractivity contribution in [3.8, 4) is 0 Å². The van der Waals surface area contributed by atoms with Gasteiger partial charge in [0.1, 0.15) is 0 Å². The fraction of sp³-hybridized carbons (Fsp3) is 0.0667. The summed E-state index contributed by atoms with van der Waals surface area (Å²) >= 11 is 0. The van der Waals surface area contributed by atoms with E-state index in [0.29, 0.717) is 42.0 Å². The lowest BCUT2D eigenvalue weighted by atomic mass is 10.0. The summed E-state index contributed by atoms with van der Waals surface area (Å²) in [4.78, 5) is 53.4. The second kappa shape index (κ2) is 12.5. The van der Waals surface area contributed by atoms with Gasteiger partial charge in [-0.2, -0.15) is 9.98 Å². The van der Waals surface area contributed by atoms with Gasteiger partial charge in [0.2, 0.25) is 18.6 Å². The van der Waals surface area contributed by atoms with Crippen LogP contribution in [0.25, 0.3) is 0 Å². The van der Waals surface area contributed by atoms with E-state index < -0.39 is 6.03 Å². The number of hydrogen-bond donors (Lipinski definition) is 1. The van der Waals surface area contributed by atoms with E-state index in [-0.39, 0.29) is 0 Å². The second-order valence-electron chi connectivity index (χ2n) is 8.36. The van der Waals surface area contributed by atoms with E-state index in [2.05, 4.69) is 15.3 Å². The lowest BCUT2D eigenvalue weighted by Gasteiger charge is -2.17. The van der Waals surface area contributed by atoms with Gasteiger partial charge in [-0.25, -0.2) is 19.3 Å². The normalized spacial score (nSPS) is 10.0. The zero-order chi connectivity index (χ0) is 26.7. The molecule has 8 heteroatoms. The predicted molar refractivity (Wildman–Crippen MR) is 145 cm³/mol. The highest BCUT2D eigenvalue weighted by Crippen LogP contribution is 2.21. The average Bonchev–Trinajstić information content (AvgIpc) is 2.94. The number of nitrogens with zero attached hydrogens (tertiary/aromatic N) is 3. The molecular weight excluding hydrogens is 480 g/mol. The first-order chi connectivity index (χ1) is 18.6. The van der Waals surface area contributed by atoms with Crippen molar-refractivity contribution in [3.63, 3.8) is 0 Å². The minimum absolute atomic E-state index is 0.441. The Balaban J connectivity index is 1.36. The van der Waals surface area contributed by atoms with Gasteiger partial charge in [0.05, 0.1) is 17.1 Å². The summed E-state index contributed by atoms with van der Waals surface area (Å²) in [7, 11) is 0. The van der Waals surface area contributed by atoms with Crippen LogP contribution in [0.3, 0.4) is 0 Å². The number of hydrogen-bond acceptors (Lipinski definition) is 6. The van der Waals surface area contributed by atoms with Gasteiger partial charge in [-0.3, -0.25) is 4.79 Å². The monoisotopic (exact) mass is 502 g/mol. The summed E-state index contributed by atoms with van der Waals surface area (Å²) in [6.45, 7) is 0. The highest BCUT2D eigenvalue weighted by Gasteiger charge is 2.15. The van der Waals surface area contributed by atoms with Crippen LogP contribution in [-0.2, 0) is 27.2 Å². The van der Waals surface area contributed by atoms with Crippen molar-refractivity contribution in [1.82, 2.24) is 0 Å². The van der Waals surface area contributed by atoms with E-state index >= 15 is 0 Å². The fourth-order valence-electron chi connectivity index (χ4n) is 3.84. The maximum atomic E-state index is 12.8. The van der Waals surface area contributed by atoms with Crippen molar-refractivity contribution in [1.29, 1.82) is 0 Å². The van der Waals surface area contributed by atoms with Crippen molar-refractivity contribution in [2.75, 3.05) is 10.2 Å².